The lowest BCUT2D eigenvalue weighted by molar-refractivity contribution is -0.150. The minimum atomic E-state index is -0.509. The summed E-state index contributed by atoms with van der Waals surface area (Å²) in [4.78, 5) is 17.0. The highest BCUT2D eigenvalue weighted by atomic mass is 32.1. The van der Waals surface area contributed by atoms with E-state index in [1.54, 1.807) is 0 Å². The average Bonchev–Trinajstić information content (AvgIpc) is 2.60. The molecule has 1 aliphatic carbocycles. The maximum Gasteiger partial charge on any atom is 0.302 e. The van der Waals surface area contributed by atoms with Gasteiger partial charge in [0, 0.05) is 25.6 Å². The van der Waals surface area contributed by atoms with E-state index in [2.05, 4.69) is 16.4 Å². The fraction of sp³-hybridized carbons (Fsp3) is 0.421. The molecule has 5 heteroatoms. The Bertz CT molecular complexity index is 777. The molecule has 0 aliphatic heterocycles. The van der Waals surface area contributed by atoms with Crippen LogP contribution < -0.4 is 5.32 Å². The van der Waals surface area contributed by atoms with Gasteiger partial charge in [-0.05, 0) is 37.0 Å². The van der Waals surface area contributed by atoms with Gasteiger partial charge in [-0.1, -0.05) is 36.8 Å². The number of pyridine rings is 1. The molecule has 1 N–H and O–H groups in total. The molecule has 0 amide bonds. The highest BCUT2D eigenvalue weighted by Gasteiger charge is 2.48. The van der Waals surface area contributed by atoms with Crippen LogP contribution in [-0.2, 0) is 14.9 Å². The fourth-order valence-corrected chi connectivity index (χ4v) is 4.11. The second-order valence-electron chi connectivity index (χ2n) is 6.31. The molecule has 0 bridgehead atoms. The smallest absolute Gasteiger partial charge is 0.302 e. The Morgan fingerprint density at radius 3 is 2.92 bits per heavy atom. The summed E-state index contributed by atoms with van der Waals surface area (Å²) in [5.41, 5.74) is 1.46. The van der Waals surface area contributed by atoms with Crippen LogP contribution in [-0.4, -0.2) is 29.1 Å². The summed E-state index contributed by atoms with van der Waals surface area (Å²) in [5, 5.41) is 4.21. The Balaban J connectivity index is 2.15. The molecule has 0 radical (unpaired) electrons. The van der Waals surface area contributed by atoms with E-state index in [4.69, 9.17) is 17.0 Å². The Hall–Kier alpha value is -2.01. The minimum Gasteiger partial charge on any atom is -0.461 e. The fourth-order valence-electron chi connectivity index (χ4n) is 3.76. The van der Waals surface area contributed by atoms with Crippen LogP contribution in [0, 0.1) is 0 Å². The zero-order valence-corrected chi connectivity index (χ0v) is 14.9. The molecule has 2 aromatic rings. The summed E-state index contributed by atoms with van der Waals surface area (Å²) in [7, 11) is 1.83. The molecule has 1 aromatic heterocycles. The van der Waals surface area contributed by atoms with E-state index in [9.17, 15) is 4.79 Å². The quantitative estimate of drug-likeness (QED) is 0.683. The van der Waals surface area contributed by atoms with Crippen molar-refractivity contribution < 1.29 is 9.53 Å². The van der Waals surface area contributed by atoms with Gasteiger partial charge >= 0.3 is 5.97 Å². The maximum absolute atomic E-state index is 11.7. The van der Waals surface area contributed by atoms with Gasteiger partial charge < -0.3 is 10.1 Å². The van der Waals surface area contributed by atoms with Gasteiger partial charge in [0.25, 0.3) is 0 Å². The summed E-state index contributed by atoms with van der Waals surface area (Å²) in [6, 6.07) is 10.2. The molecule has 1 heterocycles. The third-order valence-electron chi connectivity index (χ3n) is 4.88. The number of ether oxygens (including phenoxy) is 1. The van der Waals surface area contributed by atoms with Crippen LogP contribution in [0.4, 0.5) is 0 Å². The largest absolute Gasteiger partial charge is 0.461 e. The van der Waals surface area contributed by atoms with Gasteiger partial charge in [-0.25, -0.2) is 0 Å². The Kier molecular flexibility index (Phi) is 4.81. The highest BCUT2D eigenvalue weighted by molar-refractivity contribution is 7.80. The van der Waals surface area contributed by atoms with Crippen molar-refractivity contribution in [3.05, 3.63) is 42.1 Å². The van der Waals surface area contributed by atoms with Crippen LogP contribution in [0.1, 0.15) is 38.2 Å². The highest BCUT2D eigenvalue weighted by Crippen LogP contribution is 2.42. The number of benzene rings is 1. The van der Waals surface area contributed by atoms with E-state index >= 15 is 0 Å². The number of fused-ring (bicyclic) bond motifs is 1. The van der Waals surface area contributed by atoms with E-state index < -0.39 is 5.41 Å². The lowest BCUT2D eigenvalue weighted by Crippen LogP contribution is -2.53. The number of carbonyl (C=O) groups excluding carboxylic acids is 1. The molecular weight excluding hydrogens is 320 g/mol. The lowest BCUT2D eigenvalue weighted by Gasteiger charge is -2.43. The molecule has 1 aliphatic rings. The number of para-hydroxylation sites is 1. The number of rotatable bonds is 3. The zero-order chi connectivity index (χ0) is 17.2. The molecule has 3 rings (SSSR count). The topological polar surface area (TPSA) is 51.2 Å². The van der Waals surface area contributed by atoms with Crippen molar-refractivity contribution in [2.45, 2.75) is 44.1 Å². The molecule has 1 fully saturated rings. The van der Waals surface area contributed by atoms with Crippen LogP contribution in [0.3, 0.4) is 0 Å². The molecule has 126 valence electrons. The maximum atomic E-state index is 11.7. The van der Waals surface area contributed by atoms with Gasteiger partial charge in [0.15, 0.2) is 0 Å². The molecule has 4 nitrogen and oxygen atoms in total. The predicted octanol–water partition coefficient (Wildman–Crippen LogP) is 3.53. The first kappa shape index (κ1) is 16.8. The third kappa shape index (κ3) is 2.88. The van der Waals surface area contributed by atoms with Crippen molar-refractivity contribution in [2.24, 2.45) is 0 Å². The Labute approximate surface area is 147 Å². The van der Waals surface area contributed by atoms with Gasteiger partial charge in [0.1, 0.15) is 6.10 Å². The summed E-state index contributed by atoms with van der Waals surface area (Å²) in [6.45, 7) is 1.46. The standard InChI is InChI=1S/C19H22N2O2S/c1-13(22)23-17-9-5-6-10-19(17,18(24)20-2)15-11-14-7-3-4-8-16(14)21-12-15/h3-4,7-8,11-12,17H,5-6,9-10H2,1-2H3,(H,20,24). The SMILES string of the molecule is CNC(=S)C1(c2cnc3ccccc3c2)CCCCC1OC(C)=O. The van der Waals surface area contributed by atoms with E-state index in [-0.39, 0.29) is 12.1 Å². The van der Waals surface area contributed by atoms with Gasteiger partial charge in [0.05, 0.1) is 15.9 Å². The van der Waals surface area contributed by atoms with Crippen molar-refractivity contribution in [1.82, 2.24) is 10.3 Å². The first-order valence-corrected chi connectivity index (χ1v) is 8.73. The first-order chi connectivity index (χ1) is 11.6. The number of hydrogen-bond acceptors (Lipinski definition) is 4. The van der Waals surface area contributed by atoms with Crippen molar-refractivity contribution >= 4 is 34.1 Å². The van der Waals surface area contributed by atoms with E-state index in [1.165, 1.54) is 6.92 Å². The Morgan fingerprint density at radius 1 is 1.38 bits per heavy atom. The molecule has 0 spiro atoms. The number of nitrogens with one attached hydrogen (secondary N) is 1. The van der Waals surface area contributed by atoms with Gasteiger partial charge in [-0.15, -0.1) is 0 Å². The number of hydrogen-bond donors (Lipinski definition) is 1. The molecule has 24 heavy (non-hydrogen) atoms. The minimum absolute atomic E-state index is 0.258. The van der Waals surface area contributed by atoms with E-state index in [0.717, 1.165) is 42.1 Å². The molecular formula is C19H22N2O2S. The zero-order valence-electron chi connectivity index (χ0n) is 14.0. The molecule has 0 saturated heterocycles. The number of esters is 1. The van der Waals surface area contributed by atoms with Crippen LogP contribution in [0.25, 0.3) is 10.9 Å². The van der Waals surface area contributed by atoms with Gasteiger partial charge in [-0.3, -0.25) is 9.78 Å². The summed E-state index contributed by atoms with van der Waals surface area (Å²) in [5.74, 6) is -0.265. The van der Waals surface area contributed by atoms with Gasteiger partial charge in [-0.2, -0.15) is 0 Å². The molecule has 1 aromatic carbocycles. The first-order valence-electron chi connectivity index (χ1n) is 8.32. The van der Waals surface area contributed by atoms with Crippen molar-refractivity contribution in [1.29, 1.82) is 0 Å². The van der Waals surface area contributed by atoms with Crippen molar-refractivity contribution in [3.63, 3.8) is 0 Å². The second kappa shape index (κ2) is 6.85. The van der Waals surface area contributed by atoms with Crippen molar-refractivity contribution in [3.8, 4) is 0 Å². The predicted molar refractivity (Wildman–Crippen MR) is 99.1 cm³/mol. The number of aromatic nitrogens is 1. The number of carbonyl (C=O) groups is 1. The monoisotopic (exact) mass is 342 g/mol. The van der Waals surface area contributed by atoms with E-state index in [0.29, 0.717) is 4.99 Å². The number of nitrogens with zero attached hydrogens (tertiary/aromatic N) is 1. The third-order valence-corrected chi connectivity index (χ3v) is 5.45. The average molecular weight is 342 g/mol. The van der Waals surface area contributed by atoms with Crippen molar-refractivity contribution in [2.75, 3.05) is 7.05 Å². The lowest BCUT2D eigenvalue weighted by atomic mass is 9.67. The van der Waals surface area contributed by atoms with Crippen LogP contribution >= 0.6 is 12.2 Å². The summed E-state index contributed by atoms with van der Waals surface area (Å²) < 4.78 is 5.70. The molecule has 2 atom stereocenters. The number of thiocarbonyl (C=S) groups is 1. The van der Waals surface area contributed by atoms with Gasteiger partial charge in [0.2, 0.25) is 0 Å². The van der Waals surface area contributed by atoms with E-state index in [1.807, 2.05) is 37.5 Å². The van der Waals surface area contributed by atoms with Crippen LogP contribution in [0.15, 0.2) is 36.5 Å². The second-order valence-corrected chi connectivity index (χ2v) is 6.72. The number of likely N-dealkylation sites (N-methyl/N-ethyl adjacent to an activating group) is 1. The Morgan fingerprint density at radius 2 is 2.17 bits per heavy atom. The summed E-state index contributed by atoms with van der Waals surface area (Å²) in [6.07, 6.45) is 5.37. The molecule has 2 unspecified atom stereocenters. The van der Waals surface area contributed by atoms with Crippen LogP contribution in [0.5, 0.6) is 0 Å². The summed E-state index contributed by atoms with van der Waals surface area (Å²) >= 11 is 5.69. The molecule has 1 saturated carbocycles. The van der Waals surface area contributed by atoms with Crippen LogP contribution in [0.2, 0.25) is 0 Å². The normalized spacial score (nSPS) is 23.7.